The molecule has 0 heterocycles. The molecule has 4 aliphatic rings. The van der Waals surface area contributed by atoms with Crippen LogP contribution in [-0.2, 0) is 4.79 Å². The van der Waals surface area contributed by atoms with Crippen LogP contribution in [-0.4, -0.2) is 28.2 Å². The predicted octanol–water partition coefficient (Wildman–Crippen LogP) is 5.22. The van der Waals surface area contributed by atoms with Gasteiger partial charge in [-0.2, -0.15) is 0 Å². The van der Waals surface area contributed by atoms with Gasteiger partial charge in [-0.1, -0.05) is 22.9 Å². The Morgan fingerprint density at radius 1 is 1.08 bits per heavy atom. The van der Waals surface area contributed by atoms with E-state index in [2.05, 4.69) is 22.9 Å². The van der Waals surface area contributed by atoms with Crippen molar-refractivity contribution in [3.63, 3.8) is 0 Å². The Morgan fingerprint density at radius 3 is 2.50 bits per heavy atom. The minimum atomic E-state index is -2.62. The zero-order valence-electron chi connectivity index (χ0n) is 15.6. The maximum Gasteiger partial charge on any atom is 0.266 e. The molecular formula is C21H31BrF2O2. The number of hydrogen-bond acceptors (Lipinski definition) is 2. The van der Waals surface area contributed by atoms with Crippen LogP contribution in [0.3, 0.4) is 0 Å². The number of hydrogen-bond donors (Lipinski definition) is 1. The molecule has 0 radical (unpaired) electrons. The van der Waals surface area contributed by atoms with Gasteiger partial charge in [-0.25, -0.2) is 8.78 Å². The number of Topliss-reactive ketones (excluding diaryl/α,β-unsaturated/α-hetero) is 1. The Bertz CT molecular complexity index is 570. The van der Waals surface area contributed by atoms with Crippen molar-refractivity contribution in [2.45, 2.75) is 76.7 Å². The van der Waals surface area contributed by atoms with Crippen LogP contribution >= 0.6 is 15.9 Å². The third-order valence-corrected chi connectivity index (χ3v) is 9.52. The minimum absolute atomic E-state index is 0.136. The van der Waals surface area contributed by atoms with Gasteiger partial charge in [0, 0.05) is 5.92 Å². The standard InChI is InChI=1S/C21H31BrF2O2/c1-20-8-6-14-13-7-9-21(26,19(23)24)10-12(13)2-3-15(14)16(20)4-5-17(20)18(25)11-22/h12-17,19,26H,2-11H2,1H3/t12-,13+,14-,15-,16+,17-,20?,21-/m1/s1. The van der Waals surface area contributed by atoms with Crippen LogP contribution < -0.4 is 0 Å². The molecule has 8 atom stereocenters. The van der Waals surface area contributed by atoms with E-state index >= 15 is 0 Å². The first-order valence-corrected chi connectivity index (χ1v) is 11.5. The summed E-state index contributed by atoms with van der Waals surface area (Å²) in [7, 11) is 0. The summed E-state index contributed by atoms with van der Waals surface area (Å²) in [6.45, 7) is 2.34. The Kier molecular flexibility index (Phi) is 5.04. The van der Waals surface area contributed by atoms with Gasteiger partial charge in [0.1, 0.15) is 11.4 Å². The highest BCUT2D eigenvalue weighted by molar-refractivity contribution is 9.09. The second-order valence-corrected chi connectivity index (χ2v) is 10.4. The molecular weight excluding hydrogens is 402 g/mol. The third-order valence-electron chi connectivity index (χ3n) is 8.97. The molecule has 0 spiro atoms. The summed E-state index contributed by atoms with van der Waals surface area (Å²) in [5.74, 6) is 3.21. The Balaban J connectivity index is 1.52. The summed E-state index contributed by atoms with van der Waals surface area (Å²) in [5.41, 5.74) is -1.62. The van der Waals surface area contributed by atoms with Crippen LogP contribution in [0.1, 0.15) is 64.7 Å². The molecule has 148 valence electrons. The molecule has 1 unspecified atom stereocenters. The quantitative estimate of drug-likeness (QED) is 0.620. The molecule has 0 aromatic carbocycles. The highest BCUT2D eigenvalue weighted by Crippen LogP contribution is 2.64. The molecule has 4 saturated carbocycles. The summed E-state index contributed by atoms with van der Waals surface area (Å²) in [6, 6.07) is 0. The van der Waals surface area contributed by atoms with Crippen molar-refractivity contribution >= 4 is 21.7 Å². The normalized spacial score (nSPS) is 50.8. The number of halogens is 3. The topological polar surface area (TPSA) is 37.3 Å². The van der Waals surface area contributed by atoms with Crippen LogP contribution in [0.4, 0.5) is 8.78 Å². The highest BCUT2D eigenvalue weighted by Gasteiger charge is 2.59. The first-order valence-electron chi connectivity index (χ1n) is 10.4. The van der Waals surface area contributed by atoms with Gasteiger partial charge in [-0.15, -0.1) is 0 Å². The molecule has 4 fully saturated rings. The van der Waals surface area contributed by atoms with Gasteiger partial charge < -0.3 is 5.11 Å². The van der Waals surface area contributed by atoms with Crippen molar-refractivity contribution < 1.29 is 18.7 Å². The molecule has 4 rings (SSSR count). The maximum absolute atomic E-state index is 13.3. The minimum Gasteiger partial charge on any atom is -0.384 e. The first-order chi connectivity index (χ1) is 12.3. The molecule has 0 aromatic rings. The van der Waals surface area contributed by atoms with E-state index in [4.69, 9.17) is 0 Å². The highest BCUT2D eigenvalue weighted by atomic mass is 79.9. The van der Waals surface area contributed by atoms with E-state index in [-0.39, 0.29) is 30.1 Å². The molecule has 0 amide bonds. The number of carbonyl (C=O) groups excluding carboxylic acids is 1. The number of alkyl halides is 3. The molecule has 4 aliphatic carbocycles. The predicted molar refractivity (Wildman–Crippen MR) is 100 cm³/mol. The second kappa shape index (κ2) is 6.79. The fourth-order valence-electron chi connectivity index (χ4n) is 7.73. The van der Waals surface area contributed by atoms with Gasteiger partial charge in [0.15, 0.2) is 0 Å². The van der Waals surface area contributed by atoms with Gasteiger partial charge in [0.25, 0.3) is 6.43 Å². The van der Waals surface area contributed by atoms with E-state index in [0.717, 1.165) is 44.9 Å². The number of fused-ring (bicyclic) bond motifs is 5. The van der Waals surface area contributed by atoms with E-state index in [9.17, 15) is 18.7 Å². The average Bonchev–Trinajstić information content (AvgIpc) is 2.97. The van der Waals surface area contributed by atoms with Crippen LogP contribution in [0.25, 0.3) is 0 Å². The van der Waals surface area contributed by atoms with Crippen molar-refractivity contribution in [2.75, 3.05) is 5.33 Å². The van der Waals surface area contributed by atoms with Gasteiger partial charge in [-0.3, -0.25) is 4.79 Å². The maximum atomic E-state index is 13.3. The van der Waals surface area contributed by atoms with Gasteiger partial charge in [-0.05, 0) is 92.8 Å². The van der Waals surface area contributed by atoms with Gasteiger partial charge >= 0.3 is 0 Å². The van der Waals surface area contributed by atoms with Gasteiger partial charge in [0.2, 0.25) is 0 Å². The summed E-state index contributed by atoms with van der Waals surface area (Å²) in [5, 5.41) is 10.8. The lowest BCUT2D eigenvalue weighted by Gasteiger charge is -2.57. The average molecular weight is 433 g/mol. The van der Waals surface area contributed by atoms with E-state index in [0.29, 0.717) is 34.8 Å². The summed E-state index contributed by atoms with van der Waals surface area (Å²) in [6.07, 6.45) is 5.15. The van der Waals surface area contributed by atoms with Gasteiger partial charge in [0.05, 0.1) is 5.33 Å². The lowest BCUT2D eigenvalue weighted by Crippen LogP contribution is -2.53. The number of carbonyl (C=O) groups is 1. The lowest BCUT2D eigenvalue weighted by atomic mass is 9.49. The molecule has 26 heavy (non-hydrogen) atoms. The van der Waals surface area contributed by atoms with Crippen molar-refractivity contribution in [3.8, 4) is 0 Å². The molecule has 2 nitrogen and oxygen atoms in total. The molecule has 1 N–H and O–H groups in total. The van der Waals surface area contributed by atoms with Crippen molar-refractivity contribution in [2.24, 2.45) is 40.9 Å². The fraction of sp³-hybridized carbons (Fsp3) is 0.952. The molecule has 0 aliphatic heterocycles. The summed E-state index contributed by atoms with van der Waals surface area (Å²) in [4.78, 5) is 12.5. The van der Waals surface area contributed by atoms with E-state index < -0.39 is 12.0 Å². The zero-order valence-corrected chi connectivity index (χ0v) is 17.2. The number of ketones is 1. The lowest BCUT2D eigenvalue weighted by molar-refractivity contribution is -0.160. The van der Waals surface area contributed by atoms with E-state index in [1.165, 1.54) is 0 Å². The SMILES string of the molecule is CC12CC[C@H]3[C@@H](CC[C@@H]4C[C@@](O)(C(F)F)CC[C@@H]43)[C@@H]1CC[C@@H]2C(=O)CBr. The largest absolute Gasteiger partial charge is 0.384 e. The van der Waals surface area contributed by atoms with E-state index in [1.807, 2.05) is 0 Å². The van der Waals surface area contributed by atoms with Crippen LogP contribution in [0.15, 0.2) is 0 Å². The summed E-state index contributed by atoms with van der Waals surface area (Å²) < 4.78 is 26.6. The van der Waals surface area contributed by atoms with Crippen LogP contribution in [0.5, 0.6) is 0 Å². The Morgan fingerprint density at radius 2 is 1.81 bits per heavy atom. The second-order valence-electron chi connectivity index (χ2n) is 9.86. The van der Waals surface area contributed by atoms with Crippen molar-refractivity contribution in [1.29, 1.82) is 0 Å². The Hall–Kier alpha value is -0.0300. The third kappa shape index (κ3) is 2.82. The molecule has 0 bridgehead atoms. The molecule has 0 saturated heterocycles. The van der Waals surface area contributed by atoms with Crippen molar-refractivity contribution in [3.05, 3.63) is 0 Å². The zero-order chi connectivity index (χ0) is 18.7. The van der Waals surface area contributed by atoms with Crippen molar-refractivity contribution in [1.82, 2.24) is 0 Å². The van der Waals surface area contributed by atoms with Crippen LogP contribution in [0, 0.1) is 40.9 Å². The fourth-order valence-corrected chi connectivity index (χ4v) is 8.12. The molecule has 0 aromatic heterocycles. The Labute approximate surface area is 163 Å². The van der Waals surface area contributed by atoms with E-state index in [1.54, 1.807) is 0 Å². The van der Waals surface area contributed by atoms with Crippen LogP contribution in [0.2, 0.25) is 0 Å². The smallest absolute Gasteiger partial charge is 0.266 e. The first kappa shape index (κ1) is 19.3. The molecule has 5 heteroatoms. The number of aliphatic hydroxyl groups is 1. The summed E-state index contributed by atoms with van der Waals surface area (Å²) >= 11 is 3.37. The monoisotopic (exact) mass is 432 g/mol. The number of rotatable bonds is 3.